The van der Waals surface area contributed by atoms with E-state index >= 15 is 0 Å². The summed E-state index contributed by atoms with van der Waals surface area (Å²) in [6, 6.07) is 5.52. The lowest BCUT2D eigenvalue weighted by molar-refractivity contribution is 0.0721. The predicted octanol–water partition coefficient (Wildman–Crippen LogP) is 2.86. The average molecular weight is 372 g/mol. The van der Waals surface area contributed by atoms with Gasteiger partial charge in [-0.15, -0.1) is 6.58 Å². The molecule has 5 nitrogen and oxygen atoms in total. The average Bonchev–Trinajstić information content (AvgIpc) is 3.18. The minimum atomic E-state index is -3.05. The third-order valence-corrected chi connectivity index (χ3v) is 7.33. The van der Waals surface area contributed by atoms with Crippen molar-refractivity contribution in [1.29, 1.82) is 0 Å². The highest BCUT2D eigenvalue weighted by Crippen LogP contribution is 2.30. The molecule has 0 bridgehead atoms. The molecular weight excluding hydrogens is 348 g/mol. The van der Waals surface area contributed by atoms with Crippen LogP contribution >= 0.6 is 0 Å². The van der Waals surface area contributed by atoms with Gasteiger partial charge in [0.15, 0.2) is 9.84 Å². The Bertz CT molecular complexity index is 974. The van der Waals surface area contributed by atoms with E-state index in [0.717, 1.165) is 23.7 Å². The van der Waals surface area contributed by atoms with Gasteiger partial charge in [-0.05, 0) is 55.9 Å². The topological polar surface area (TPSA) is 70.2 Å². The molecule has 0 spiro atoms. The van der Waals surface area contributed by atoms with Gasteiger partial charge in [0.25, 0.3) is 5.91 Å². The highest BCUT2D eigenvalue weighted by atomic mass is 32.2. The summed E-state index contributed by atoms with van der Waals surface area (Å²) < 4.78 is 23.7. The van der Waals surface area contributed by atoms with E-state index < -0.39 is 9.84 Å². The van der Waals surface area contributed by atoms with Crippen LogP contribution in [0.25, 0.3) is 10.9 Å². The second-order valence-electron chi connectivity index (χ2n) is 7.35. The molecular formula is C20H24N2O3S. The van der Waals surface area contributed by atoms with Gasteiger partial charge in [0.2, 0.25) is 0 Å². The zero-order valence-corrected chi connectivity index (χ0v) is 15.6. The summed E-state index contributed by atoms with van der Waals surface area (Å²) in [5.41, 5.74) is 4.32. The van der Waals surface area contributed by atoms with Crippen molar-refractivity contribution < 1.29 is 13.2 Å². The minimum absolute atomic E-state index is 0.0500. The summed E-state index contributed by atoms with van der Waals surface area (Å²) in [5.74, 6) is 0.0942. The van der Waals surface area contributed by atoms with Gasteiger partial charge in [-0.3, -0.25) is 4.79 Å². The van der Waals surface area contributed by atoms with Crippen molar-refractivity contribution in [1.82, 2.24) is 9.88 Å². The van der Waals surface area contributed by atoms with E-state index in [0.29, 0.717) is 18.5 Å². The Morgan fingerprint density at radius 3 is 2.85 bits per heavy atom. The monoisotopic (exact) mass is 372 g/mol. The molecule has 4 rings (SSSR count). The number of fused-ring (bicyclic) bond motifs is 3. The van der Waals surface area contributed by atoms with Crippen molar-refractivity contribution in [3.8, 4) is 0 Å². The SMILES string of the molecule is C=CCN(C(=O)c1ccc2[nH]c3c(c2c1)CCCC3)[C@H]1CCS(=O)(=O)C1. The highest BCUT2D eigenvalue weighted by molar-refractivity contribution is 7.91. The number of benzene rings is 1. The number of aryl methyl sites for hydroxylation is 2. The van der Waals surface area contributed by atoms with Crippen LogP contribution in [0, 0.1) is 0 Å². The summed E-state index contributed by atoms with van der Waals surface area (Å²) in [6.45, 7) is 4.10. The fourth-order valence-corrected chi connectivity index (χ4v) is 5.99. The quantitative estimate of drug-likeness (QED) is 0.839. The number of amides is 1. The van der Waals surface area contributed by atoms with Crippen molar-refractivity contribution in [3.05, 3.63) is 47.7 Å². The maximum Gasteiger partial charge on any atom is 0.254 e. The Labute approximate surface area is 154 Å². The number of hydrogen-bond donors (Lipinski definition) is 1. The van der Waals surface area contributed by atoms with Crippen molar-refractivity contribution >= 4 is 26.6 Å². The smallest absolute Gasteiger partial charge is 0.254 e. The fraction of sp³-hybridized carbons (Fsp3) is 0.450. The van der Waals surface area contributed by atoms with E-state index in [9.17, 15) is 13.2 Å². The van der Waals surface area contributed by atoms with Gasteiger partial charge < -0.3 is 9.88 Å². The summed E-state index contributed by atoms with van der Waals surface area (Å²) in [5, 5.41) is 1.13. The Morgan fingerprint density at radius 2 is 2.12 bits per heavy atom. The first-order valence-corrected chi connectivity index (χ1v) is 11.1. The number of aromatic amines is 1. The number of H-pyrrole nitrogens is 1. The molecule has 1 aromatic heterocycles. The first-order valence-electron chi connectivity index (χ1n) is 9.24. The molecule has 2 heterocycles. The van der Waals surface area contributed by atoms with Crippen molar-refractivity contribution in [2.75, 3.05) is 18.1 Å². The molecule has 2 aliphatic rings. The van der Waals surface area contributed by atoms with E-state index in [1.807, 2.05) is 18.2 Å². The number of carbonyl (C=O) groups is 1. The summed E-state index contributed by atoms with van der Waals surface area (Å²) in [4.78, 5) is 18.3. The molecule has 1 aromatic carbocycles. The molecule has 1 amide bonds. The number of rotatable bonds is 4. The molecule has 1 saturated heterocycles. The lowest BCUT2D eigenvalue weighted by Crippen LogP contribution is -2.41. The molecule has 6 heteroatoms. The molecule has 138 valence electrons. The van der Waals surface area contributed by atoms with E-state index in [1.54, 1.807) is 11.0 Å². The van der Waals surface area contributed by atoms with Crippen LogP contribution in [0.4, 0.5) is 0 Å². The van der Waals surface area contributed by atoms with E-state index in [2.05, 4.69) is 11.6 Å². The largest absolute Gasteiger partial charge is 0.358 e. The number of nitrogens with one attached hydrogen (secondary N) is 1. The van der Waals surface area contributed by atoms with Gasteiger partial charge in [0, 0.05) is 34.7 Å². The standard InChI is InChI=1S/C20H24N2O3S/c1-2-10-22(15-9-11-26(24,25)13-15)20(23)14-7-8-19-17(12-14)16-5-3-4-6-18(16)21-19/h2,7-8,12,15,21H,1,3-6,9-11,13H2/t15-/m0/s1. The number of carbonyl (C=O) groups excluding carboxylic acids is 1. The lowest BCUT2D eigenvalue weighted by atomic mass is 9.95. The van der Waals surface area contributed by atoms with Crippen molar-refractivity contribution in [2.24, 2.45) is 0 Å². The molecule has 2 aromatic rings. The van der Waals surface area contributed by atoms with Crippen LogP contribution in [-0.2, 0) is 22.7 Å². The Kier molecular flexibility index (Phi) is 4.39. The first-order chi connectivity index (χ1) is 12.5. The zero-order valence-electron chi connectivity index (χ0n) is 14.8. The minimum Gasteiger partial charge on any atom is -0.358 e. The molecule has 26 heavy (non-hydrogen) atoms. The van der Waals surface area contributed by atoms with E-state index in [4.69, 9.17) is 0 Å². The summed E-state index contributed by atoms with van der Waals surface area (Å²) in [7, 11) is -3.05. The molecule has 1 N–H and O–H groups in total. The van der Waals surface area contributed by atoms with Crippen LogP contribution in [0.1, 0.15) is 40.9 Å². The second kappa shape index (κ2) is 6.58. The number of sulfone groups is 1. The van der Waals surface area contributed by atoms with Crippen LogP contribution in [-0.4, -0.2) is 48.3 Å². The van der Waals surface area contributed by atoms with Gasteiger partial charge in [-0.25, -0.2) is 8.42 Å². The number of nitrogens with zero attached hydrogens (tertiary/aromatic N) is 1. The lowest BCUT2D eigenvalue weighted by Gasteiger charge is -2.27. The first kappa shape index (κ1) is 17.3. The molecule has 1 atom stereocenters. The molecule has 1 fully saturated rings. The van der Waals surface area contributed by atoms with Crippen LogP contribution in [0.15, 0.2) is 30.9 Å². The Hall–Kier alpha value is -2.08. The summed E-state index contributed by atoms with van der Waals surface area (Å²) in [6.07, 6.45) is 6.67. The third-order valence-electron chi connectivity index (χ3n) is 5.58. The van der Waals surface area contributed by atoms with Crippen molar-refractivity contribution in [3.63, 3.8) is 0 Å². The molecule has 0 saturated carbocycles. The van der Waals surface area contributed by atoms with E-state index in [1.165, 1.54) is 24.1 Å². The molecule has 0 radical (unpaired) electrons. The van der Waals surface area contributed by atoms with Gasteiger partial charge in [0.05, 0.1) is 11.5 Å². The van der Waals surface area contributed by atoms with Crippen LogP contribution in [0.2, 0.25) is 0 Å². The number of aromatic nitrogens is 1. The third kappa shape index (κ3) is 3.07. The molecule has 0 unspecified atom stereocenters. The Morgan fingerprint density at radius 1 is 1.31 bits per heavy atom. The van der Waals surface area contributed by atoms with Gasteiger partial charge in [-0.2, -0.15) is 0 Å². The van der Waals surface area contributed by atoms with Crippen LogP contribution in [0.3, 0.4) is 0 Å². The van der Waals surface area contributed by atoms with Crippen molar-refractivity contribution in [2.45, 2.75) is 38.1 Å². The second-order valence-corrected chi connectivity index (χ2v) is 9.58. The highest BCUT2D eigenvalue weighted by Gasteiger charge is 2.34. The zero-order chi connectivity index (χ0) is 18.3. The Balaban J connectivity index is 1.68. The van der Waals surface area contributed by atoms with Crippen LogP contribution < -0.4 is 0 Å². The molecule has 1 aliphatic carbocycles. The maximum atomic E-state index is 13.1. The number of hydrogen-bond acceptors (Lipinski definition) is 3. The van der Waals surface area contributed by atoms with Gasteiger partial charge >= 0.3 is 0 Å². The van der Waals surface area contributed by atoms with E-state index in [-0.39, 0.29) is 23.5 Å². The normalized spacial score (nSPS) is 21.5. The molecule has 1 aliphatic heterocycles. The van der Waals surface area contributed by atoms with Gasteiger partial charge in [-0.1, -0.05) is 6.08 Å². The summed E-state index contributed by atoms with van der Waals surface area (Å²) >= 11 is 0. The predicted molar refractivity (Wildman–Crippen MR) is 103 cm³/mol. The maximum absolute atomic E-state index is 13.1. The van der Waals surface area contributed by atoms with Crippen LogP contribution in [0.5, 0.6) is 0 Å². The van der Waals surface area contributed by atoms with Gasteiger partial charge in [0.1, 0.15) is 0 Å². The fourth-order valence-electron chi connectivity index (χ4n) is 4.26.